The zero-order chi connectivity index (χ0) is 19.5. The van der Waals surface area contributed by atoms with Gasteiger partial charge in [0.15, 0.2) is 5.65 Å². The molecule has 2 atom stereocenters. The van der Waals surface area contributed by atoms with Crippen molar-refractivity contribution in [1.82, 2.24) is 25.5 Å². The van der Waals surface area contributed by atoms with Crippen molar-refractivity contribution in [2.75, 3.05) is 0 Å². The number of nitrogens with zero attached hydrogens (tertiary/aromatic N) is 3. The maximum atomic E-state index is 12.8. The van der Waals surface area contributed by atoms with Crippen molar-refractivity contribution < 1.29 is 4.79 Å². The van der Waals surface area contributed by atoms with Crippen LogP contribution in [-0.2, 0) is 4.79 Å². The summed E-state index contributed by atoms with van der Waals surface area (Å²) in [5.74, 6) is -0.0239. The molecule has 0 radical (unpaired) electrons. The first kappa shape index (κ1) is 18.4. The lowest BCUT2D eigenvalue weighted by Crippen LogP contribution is -2.34. The molecule has 4 aromatic rings. The van der Waals surface area contributed by atoms with Crippen LogP contribution in [0.3, 0.4) is 0 Å². The van der Waals surface area contributed by atoms with Crippen LogP contribution in [0.2, 0.25) is 0 Å². The van der Waals surface area contributed by atoms with E-state index in [1.54, 1.807) is 0 Å². The molecule has 2 N–H and O–H groups in total. The van der Waals surface area contributed by atoms with Gasteiger partial charge in [-0.25, -0.2) is 4.98 Å². The molecule has 0 aliphatic heterocycles. The lowest BCUT2D eigenvalue weighted by Gasteiger charge is -2.18. The van der Waals surface area contributed by atoms with Crippen LogP contribution in [0.5, 0.6) is 0 Å². The van der Waals surface area contributed by atoms with Crippen LogP contribution in [-0.4, -0.2) is 31.3 Å². The summed E-state index contributed by atoms with van der Waals surface area (Å²) in [5.41, 5.74) is 3.48. The van der Waals surface area contributed by atoms with Gasteiger partial charge in [0.1, 0.15) is 5.52 Å². The molecule has 0 saturated carbocycles. The highest BCUT2D eigenvalue weighted by Gasteiger charge is 2.22. The molecule has 0 saturated heterocycles. The van der Waals surface area contributed by atoms with Gasteiger partial charge >= 0.3 is 0 Å². The molecule has 0 unspecified atom stereocenters. The minimum Gasteiger partial charge on any atom is -0.349 e. The number of nitrogens with one attached hydrogen (secondary N) is 2. The molecule has 2 aromatic heterocycles. The van der Waals surface area contributed by atoms with Crippen LogP contribution in [0.4, 0.5) is 0 Å². The van der Waals surface area contributed by atoms with E-state index in [-0.39, 0.29) is 17.2 Å². The van der Waals surface area contributed by atoms with Gasteiger partial charge in [-0.1, -0.05) is 67.2 Å². The molecule has 28 heavy (non-hydrogen) atoms. The van der Waals surface area contributed by atoms with Crippen LogP contribution in [0, 0.1) is 0 Å². The van der Waals surface area contributed by atoms with E-state index >= 15 is 0 Å². The van der Waals surface area contributed by atoms with E-state index in [0.717, 1.165) is 22.0 Å². The minimum atomic E-state index is -0.283. The monoisotopic (exact) mass is 391 g/mol. The molecule has 6 nitrogen and oxygen atoms in total. The average molecular weight is 392 g/mol. The van der Waals surface area contributed by atoms with Gasteiger partial charge in [-0.3, -0.25) is 4.79 Å². The molecule has 0 aliphatic carbocycles. The van der Waals surface area contributed by atoms with E-state index in [1.165, 1.54) is 11.8 Å². The quantitative estimate of drug-likeness (QED) is 0.480. The molecule has 7 heteroatoms. The lowest BCUT2D eigenvalue weighted by molar-refractivity contribution is -0.121. The second kappa shape index (κ2) is 7.98. The van der Waals surface area contributed by atoms with E-state index in [2.05, 4.69) is 25.5 Å². The Morgan fingerprint density at radius 3 is 2.64 bits per heavy atom. The molecular weight excluding hydrogens is 370 g/mol. The van der Waals surface area contributed by atoms with Gasteiger partial charge in [-0.15, -0.1) is 10.2 Å². The zero-order valence-corrected chi connectivity index (χ0v) is 16.5. The summed E-state index contributed by atoms with van der Waals surface area (Å²) < 4.78 is 0. The number of para-hydroxylation sites is 1. The molecule has 142 valence electrons. The van der Waals surface area contributed by atoms with Crippen molar-refractivity contribution in [3.8, 4) is 0 Å². The first-order valence-electron chi connectivity index (χ1n) is 9.29. The minimum absolute atomic E-state index is 0.0239. The third-order valence-electron chi connectivity index (χ3n) is 4.67. The predicted molar refractivity (Wildman–Crippen MR) is 112 cm³/mol. The lowest BCUT2D eigenvalue weighted by atomic mass is 10.1. The zero-order valence-electron chi connectivity index (χ0n) is 15.7. The topological polar surface area (TPSA) is 83.6 Å². The Labute approximate surface area is 167 Å². The fraction of sp³-hybridized carbons (Fsp3) is 0.238. The number of aromatic amines is 1. The second-order valence-electron chi connectivity index (χ2n) is 6.62. The summed E-state index contributed by atoms with van der Waals surface area (Å²) in [6.07, 6.45) is 0.673. The second-order valence-corrected chi connectivity index (χ2v) is 7.79. The fourth-order valence-corrected chi connectivity index (χ4v) is 3.96. The van der Waals surface area contributed by atoms with Crippen LogP contribution < -0.4 is 5.32 Å². The maximum Gasteiger partial charge on any atom is 0.234 e. The maximum absolute atomic E-state index is 12.8. The largest absolute Gasteiger partial charge is 0.349 e. The Balaban J connectivity index is 1.51. The summed E-state index contributed by atoms with van der Waals surface area (Å²) in [6, 6.07) is 17.8. The number of hydrogen-bond acceptors (Lipinski definition) is 5. The van der Waals surface area contributed by atoms with Gasteiger partial charge in [-0.2, -0.15) is 0 Å². The highest BCUT2D eigenvalue weighted by atomic mass is 32.2. The Hall–Kier alpha value is -2.93. The molecule has 2 aromatic carbocycles. The molecule has 0 fully saturated rings. The highest BCUT2D eigenvalue weighted by molar-refractivity contribution is 8.00. The first-order valence-corrected chi connectivity index (χ1v) is 10.2. The summed E-state index contributed by atoms with van der Waals surface area (Å²) in [5, 5.41) is 12.9. The van der Waals surface area contributed by atoms with E-state index < -0.39 is 0 Å². The smallest absolute Gasteiger partial charge is 0.234 e. The third-order valence-corrected chi connectivity index (χ3v) is 5.89. The number of aromatic nitrogens is 4. The van der Waals surface area contributed by atoms with Gasteiger partial charge in [0, 0.05) is 10.9 Å². The summed E-state index contributed by atoms with van der Waals surface area (Å²) in [7, 11) is 0. The number of hydrogen-bond donors (Lipinski definition) is 2. The van der Waals surface area contributed by atoms with Crippen LogP contribution in [0.15, 0.2) is 59.8 Å². The number of H-pyrrole nitrogens is 1. The predicted octanol–water partition coefficient (Wildman–Crippen LogP) is 4.25. The number of carbonyl (C=O) groups is 1. The number of benzene rings is 2. The van der Waals surface area contributed by atoms with Gasteiger partial charge in [0.25, 0.3) is 0 Å². The molecule has 1 amide bonds. The van der Waals surface area contributed by atoms with E-state index in [1.807, 2.05) is 68.4 Å². The third kappa shape index (κ3) is 3.71. The Kier molecular flexibility index (Phi) is 5.25. The summed E-state index contributed by atoms with van der Waals surface area (Å²) in [6.45, 7) is 3.97. The molecule has 0 bridgehead atoms. The molecule has 4 rings (SSSR count). The first-order chi connectivity index (χ1) is 13.7. The Morgan fingerprint density at radius 2 is 1.86 bits per heavy atom. The van der Waals surface area contributed by atoms with E-state index in [9.17, 15) is 4.79 Å². The SMILES string of the molecule is CC[C@H](Sc1nnc2c(n1)[nH]c1ccccc12)C(=O)N[C@H](C)c1ccccc1. The van der Waals surface area contributed by atoms with Crippen molar-refractivity contribution in [2.24, 2.45) is 0 Å². The summed E-state index contributed by atoms with van der Waals surface area (Å²) >= 11 is 1.34. The Morgan fingerprint density at radius 1 is 1.11 bits per heavy atom. The molecule has 2 heterocycles. The standard InChI is InChI=1S/C21H21N5OS/c1-3-17(20(27)22-13(2)14-9-5-4-6-10-14)28-21-24-19-18(25-26-21)15-11-7-8-12-16(15)23-19/h4-13,17H,3H2,1-2H3,(H,22,27)(H,23,24,26)/t13-,17+/m1/s1. The number of carbonyl (C=O) groups excluding carboxylic acids is 1. The average Bonchev–Trinajstić information content (AvgIpc) is 3.10. The molecule has 0 aliphatic rings. The number of fused-ring (bicyclic) bond motifs is 3. The van der Waals surface area contributed by atoms with Gasteiger partial charge < -0.3 is 10.3 Å². The van der Waals surface area contributed by atoms with Crippen LogP contribution in [0.25, 0.3) is 22.1 Å². The number of amides is 1. The molecule has 0 spiro atoms. The van der Waals surface area contributed by atoms with Gasteiger partial charge in [-0.05, 0) is 25.0 Å². The van der Waals surface area contributed by atoms with Crippen molar-refractivity contribution in [1.29, 1.82) is 0 Å². The van der Waals surface area contributed by atoms with Crippen molar-refractivity contribution in [3.05, 3.63) is 60.2 Å². The number of rotatable bonds is 6. The van der Waals surface area contributed by atoms with Crippen molar-refractivity contribution in [2.45, 2.75) is 36.7 Å². The Bertz CT molecular complexity index is 1110. The van der Waals surface area contributed by atoms with Gasteiger partial charge in [0.05, 0.1) is 11.3 Å². The highest BCUT2D eigenvalue weighted by Crippen LogP contribution is 2.26. The molecular formula is C21H21N5OS. The van der Waals surface area contributed by atoms with Crippen LogP contribution >= 0.6 is 11.8 Å². The number of thioether (sulfide) groups is 1. The van der Waals surface area contributed by atoms with Crippen molar-refractivity contribution in [3.63, 3.8) is 0 Å². The summed E-state index contributed by atoms with van der Waals surface area (Å²) in [4.78, 5) is 20.6. The van der Waals surface area contributed by atoms with Crippen LogP contribution in [0.1, 0.15) is 31.9 Å². The fourth-order valence-electron chi connectivity index (χ4n) is 3.14. The van der Waals surface area contributed by atoms with E-state index in [4.69, 9.17) is 0 Å². The van der Waals surface area contributed by atoms with Crippen molar-refractivity contribution >= 4 is 39.7 Å². The normalized spacial score (nSPS) is 13.5. The van der Waals surface area contributed by atoms with Gasteiger partial charge in [0.2, 0.25) is 11.1 Å². The van der Waals surface area contributed by atoms with E-state index in [0.29, 0.717) is 17.2 Å².